The topological polar surface area (TPSA) is 140 Å². The highest BCUT2D eigenvalue weighted by Crippen LogP contribution is 2.38. The van der Waals surface area contributed by atoms with Crippen LogP contribution in [0.5, 0.6) is 5.75 Å². The first-order valence-electron chi connectivity index (χ1n) is 11.6. The molecule has 0 unspecified atom stereocenters. The molecular weight excluding hydrogens is 484 g/mol. The minimum atomic E-state index is -3.06. The van der Waals surface area contributed by atoms with E-state index in [1.54, 1.807) is 29.2 Å². The van der Waals surface area contributed by atoms with Crippen LogP contribution in [0.2, 0.25) is 0 Å². The lowest BCUT2D eigenvalue weighted by atomic mass is 10.1. The number of carbonyl (C=O) groups excluding carboxylic acids is 1. The average molecular weight is 510 g/mol. The number of rotatable bonds is 8. The van der Waals surface area contributed by atoms with Gasteiger partial charge in [-0.05, 0) is 38.6 Å². The number of likely N-dealkylation sites (tertiary alicyclic amines) is 1. The number of aromatic nitrogens is 6. The van der Waals surface area contributed by atoms with Crippen molar-refractivity contribution in [1.29, 1.82) is 0 Å². The highest BCUT2D eigenvalue weighted by Gasteiger charge is 2.26. The number of halogens is 2. The number of hydrogen-bond acceptors (Lipinski definition) is 8. The van der Waals surface area contributed by atoms with E-state index in [0.29, 0.717) is 23.1 Å². The fraction of sp³-hybridized carbons (Fsp3) is 0.292. The zero-order valence-electron chi connectivity index (χ0n) is 19.9. The summed E-state index contributed by atoms with van der Waals surface area (Å²) >= 11 is 0. The lowest BCUT2D eigenvalue weighted by Gasteiger charge is -2.18. The maximum atomic E-state index is 13.3. The maximum Gasteiger partial charge on any atom is 0.387 e. The van der Waals surface area contributed by atoms with Gasteiger partial charge in [-0.15, -0.1) is 0 Å². The van der Waals surface area contributed by atoms with Gasteiger partial charge in [0.15, 0.2) is 5.82 Å². The maximum absolute atomic E-state index is 13.3. The normalized spacial score (nSPS) is 16.5. The molecule has 37 heavy (non-hydrogen) atoms. The van der Waals surface area contributed by atoms with Crippen LogP contribution < -0.4 is 15.8 Å². The van der Waals surface area contributed by atoms with E-state index in [0.717, 1.165) is 25.6 Å². The van der Waals surface area contributed by atoms with E-state index in [2.05, 4.69) is 35.5 Å². The fourth-order valence-corrected chi connectivity index (χ4v) is 4.46. The quantitative estimate of drug-likeness (QED) is 0.308. The Morgan fingerprint density at radius 3 is 2.86 bits per heavy atom. The van der Waals surface area contributed by atoms with Crippen LogP contribution in [0.4, 0.5) is 14.5 Å². The van der Waals surface area contributed by atoms with Crippen molar-refractivity contribution in [3.05, 3.63) is 55.0 Å². The van der Waals surface area contributed by atoms with Crippen LogP contribution >= 0.6 is 0 Å². The van der Waals surface area contributed by atoms with E-state index >= 15 is 0 Å². The number of anilines is 1. The zero-order valence-corrected chi connectivity index (χ0v) is 19.9. The van der Waals surface area contributed by atoms with Gasteiger partial charge in [0, 0.05) is 47.8 Å². The monoisotopic (exact) mass is 509 g/mol. The Balaban J connectivity index is 1.57. The van der Waals surface area contributed by atoms with E-state index in [1.165, 1.54) is 18.5 Å². The molecule has 4 aromatic rings. The van der Waals surface area contributed by atoms with Crippen LogP contribution in [0.15, 0.2) is 49.2 Å². The summed E-state index contributed by atoms with van der Waals surface area (Å²) in [6.45, 7) is -1.53. The van der Waals surface area contributed by atoms with Gasteiger partial charge in [-0.3, -0.25) is 14.6 Å². The van der Waals surface area contributed by atoms with Crippen molar-refractivity contribution in [2.45, 2.75) is 32.0 Å². The minimum absolute atomic E-state index is 0.0455. The SMILES string of the molecule is CN1CCC[C@H]1Cn1cc(NC(=O)C(=CN)c2ncccn2)c(-c2cc3cn[nH]c3cc2OC(F)F)n1. The molecule has 0 bridgehead atoms. The number of aromatic amines is 1. The lowest BCUT2D eigenvalue weighted by molar-refractivity contribution is -0.111. The number of nitrogens with two attached hydrogens (primary N) is 1. The molecule has 0 aliphatic carbocycles. The summed E-state index contributed by atoms with van der Waals surface area (Å²) in [6, 6.07) is 4.94. The first-order valence-corrected chi connectivity index (χ1v) is 11.6. The molecule has 0 spiro atoms. The summed E-state index contributed by atoms with van der Waals surface area (Å²) in [4.78, 5) is 23.6. The smallest absolute Gasteiger partial charge is 0.387 e. The Morgan fingerprint density at radius 1 is 1.35 bits per heavy atom. The van der Waals surface area contributed by atoms with Crippen LogP contribution in [0.3, 0.4) is 0 Å². The highest BCUT2D eigenvalue weighted by atomic mass is 19.3. The second-order valence-electron chi connectivity index (χ2n) is 8.68. The second kappa shape index (κ2) is 10.3. The molecule has 1 fully saturated rings. The number of hydrogen-bond donors (Lipinski definition) is 3. The van der Waals surface area contributed by atoms with Crippen LogP contribution in [0.25, 0.3) is 27.7 Å². The van der Waals surface area contributed by atoms with Gasteiger partial charge in [0.05, 0.1) is 29.5 Å². The molecule has 3 aromatic heterocycles. The molecule has 1 aliphatic heterocycles. The number of nitrogens with zero attached hydrogens (tertiary/aromatic N) is 6. The number of amides is 1. The van der Waals surface area contributed by atoms with Gasteiger partial charge in [0.2, 0.25) is 0 Å². The number of H-pyrrole nitrogens is 1. The molecule has 0 radical (unpaired) electrons. The van der Waals surface area contributed by atoms with Crippen molar-refractivity contribution in [3.63, 3.8) is 0 Å². The van der Waals surface area contributed by atoms with Gasteiger partial charge in [0.1, 0.15) is 11.4 Å². The zero-order chi connectivity index (χ0) is 25.9. The number of alkyl halides is 2. The van der Waals surface area contributed by atoms with Gasteiger partial charge in [0.25, 0.3) is 5.91 Å². The summed E-state index contributed by atoms with van der Waals surface area (Å²) in [5, 5.41) is 14.9. The van der Waals surface area contributed by atoms with E-state index in [4.69, 9.17) is 10.5 Å². The third kappa shape index (κ3) is 5.11. The third-order valence-electron chi connectivity index (χ3n) is 6.31. The minimum Gasteiger partial charge on any atom is -0.434 e. The molecule has 4 N–H and O–H groups in total. The predicted molar refractivity (Wildman–Crippen MR) is 132 cm³/mol. The second-order valence-corrected chi connectivity index (χ2v) is 8.68. The molecule has 13 heteroatoms. The molecule has 192 valence electrons. The Kier molecular flexibility index (Phi) is 6.77. The van der Waals surface area contributed by atoms with E-state index in [9.17, 15) is 13.6 Å². The molecule has 5 rings (SSSR count). The number of nitrogens with one attached hydrogen (secondary N) is 2. The van der Waals surface area contributed by atoms with E-state index in [1.807, 2.05) is 7.05 Å². The van der Waals surface area contributed by atoms with E-state index < -0.39 is 12.5 Å². The van der Waals surface area contributed by atoms with Crippen molar-refractivity contribution in [3.8, 4) is 17.0 Å². The Hall–Kier alpha value is -4.39. The molecule has 1 aliphatic rings. The van der Waals surface area contributed by atoms with Crippen molar-refractivity contribution in [1.82, 2.24) is 34.8 Å². The van der Waals surface area contributed by atoms with Gasteiger partial charge >= 0.3 is 6.61 Å². The Labute approximate surface area is 210 Å². The molecule has 1 atom stereocenters. The van der Waals surface area contributed by atoms with Gasteiger partial charge < -0.3 is 20.7 Å². The van der Waals surface area contributed by atoms with E-state index in [-0.39, 0.29) is 34.4 Å². The van der Waals surface area contributed by atoms with Crippen LogP contribution in [-0.2, 0) is 11.3 Å². The third-order valence-corrected chi connectivity index (χ3v) is 6.31. The molecule has 1 saturated heterocycles. The lowest BCUT2D eigenvalue weighted by Crippen LogP contribution is -2.29. The number of carbonyl (C=O) groups is 1. The number of ether oxygens (including phenoxy) is 1. The van der Waals surface area contributed by atoms with Crippen LogP contribution in [0, 0.1) is 0 Å². The molecule has 1 amide bonds. The summed E-state index contributed by atoms with van der Waals surface area (Å²) < 4.78 is 33.2. The standard InChI is InChI=1S/C24H25F2N9O2/c1-34-7-2-4-15(34)12-35-13-19(31-23(36)17(10-27)22-28-5-3-6-29-22)21(33-35)16-8-14-11-30-32-18(14)9-20(16)37-24(25)26/h3,5-6,8-11,13,15,24H,2,4,7,12,27H2,1H3,(H,30,32)(H,31,36)/t15-/m0/s1. The highest BCUT2D eigenvalue weighted by molar-refractivity contribution is 6.24. The van der Waals surface area contributed by atoms with Crippen molar-refractivity contribution in [2.24, 2.45) is 5.73 Å². The summed E-state index contributed by atoms with van der Waals surface area (Å²) in [7, 11) is 2.05. The van der Waals surface area contributed by atoms with Crippen LogP contribution in [0.1, 0.15) is 18.7 Å². The number of fused-ring (bicyclic) bond motifs is 1. The fourth-order valence-electron chi connectivity index (χ4n) is 4.46. The Morgan fingerprint density at radius 2 is 2.16 bits per heavy atom. The van der Waals surface area contributed by atoms with Crippen molar-refractivity contribution in [2.75, 3.05) is 18.9 Å². The number of benzene rings is 1. The van der Waals surface area contributed by atoms with Crippen LogP contribution in [-0.4, -0.2) is 67.0 Å². The summed E-state index contributed by atoms with van der Waals surface area (Å²) in [5.41, 5.74) is 7.12. The summed E-state index contributed by atoms with van der Waals surface area (Å²) in [5.74, 6) is -0.537. The van der Waals surface area contributed by atoms with Crippen molar-refractivity contribution < 1.29 is 18.3 Å². The summed E-state index contributed by atoms with van der Waals surface area (Å²) in [6.07, 6.45) is 9.42. The van der Waals surface area contributed by atoms with Crippen molar-refractivity contribution >= 4 is 28.1 Å². The number of likely N-dealkylation sites (N-methyl/N-ethyl adjacent to an activating group) is 1. The molecule has 11 nitrogen and oxygen atoms in total. The molecule has 0 saturated carbocycles. The van der Waals surface area contributed by atoms with Gasteiger partial charge in [-0.2, -0.15) is 19.0 Å². The largest absolute Gasteiger partial charge is 0.434 e. The van der Waals surface area contributed by atoms with Gasteiger partial charge in [-0.1, -0.05) is 0 Å². The first-order chi connectivity index (χ1) is 17.9. The van der Waals surface area contributed by atoms with Gasteiger partial charge in [-0.25, -0.2) is 9.97 Å². The average Bonchev–Trinajstić information content (AvgIpc) is 3.60. The molecular formula is C24H25F2N9O2. The first kappa shape index (κ1) is 24.3. The molecule has 1 aromatic carbocycles. The molecule has 4 heterocycles. The Bertz CT molecular complexity index is 1430. The predicted octanol–water partition coefficient (Wildman–Crippen LogP) is 2.85.